The highest BCUT2D eigenvalue weighted by Gasteiger charge is 2.23. The number of hydrogen-bond donors (Lipinski definition) is 0. The number of ether oxygens (including phenoxy) is 2. The highest BCUT2D eigenvalue weighted by molar-refractivity contribution is 5.68. The Morgan fingerprint density at radius 3 is 2.32 bits per heavy atom. The summed E-state index contributed by atoms with van der Waals surface area (Å²) in [4.78, 5) is 0. The van der Waals surface area contributed by atoms with Crippen LogP contribution >= 0.6 is 0 Å². The average Bonchev–Trinajstić information content (AvgIpc) is 2.69. The van der Waals surface area contributed by atoms with Crippen molar-refractivity contribution in [3.05, 3.63) is 102 Å². The summed E-state index contributed by atoms with van der Waals surface area (Å²) in [7, 11) is 0. The average molecular weight is 328 g/mol. The van der Waals surface area contributed by atoms with Gasteiger partial charge in [-0.1, -0.05) is 48.5 Å². The van der Waals surface area contributed by atoms with Gasteiger partial charge < -0.3 is 9.47 Å². The molecule has 2 heteroatoms. The van der Waals surface area contributed by atoms with E-state index in [1.807, 2.05) is 49.4 Å². The molecular weight excluding hydrogens is 308 g/mol. The number of fused-ring (bicyclic) bond motifs is 1. The van der Waals surface area contributed by atoms with Crippen LogP contribution in [0.2, 0.25) is 0 Å². The van der Waals surface area contributed by atoms with E-state index in [1.54, 1.807) is 0 Å². The lowest BCUT2D eigenvalue weighted by atomic mass is 9.88. The van der Waals surface area contributed by atoms with Crippen molar-refractivity contribution < 1.29 is 9.47 Å². The standard InChI is InChI=1S/C23H20O2/c1-2-24-19-14-12-18(13-15-19)23-16-21(17-8-4-3-5-9-17)20-10-6-7-11-22(20)25-23/h3-16,21H,2H2,1H3/t21-/m0/s1. The van der Waals surface area contributed by atoms with Crippen molar-refractivity contribution in [2.45, 2.75) is 12.8 Å². The lowest BCUT2D eigenvalue weighted by molar-refractivity contribution is 0.340. The lowest BCUT2D eigenvalue weighted by Gasteiger charge is -2.25. The van der Waals surface area contributed by atoms with E-state index < -0.39 is 0 Å². The van der Waals surface area contributed by atoms with Gasteiger partial charge >= 0.3 is 0 Å². The minimum absolute atomic E-state index is 0.188. The molecule has 0 radical (unpaired) electrons. The summed E-state index contributed by atoms with van der Waals surface area (Å²) in [6.07, 6.45) is 2.20. The molecule has 2 nitrogen and oxygen atoms in total. The number of rotatable bonds is 4. The summed E-state index contributed by atoms with van der Waals surface area (Å²) in [5.74, 6) is 2.87. The van der Waals surface area contributed by atoms with Crippen molar-refractivity contribution in [1.82, 2.24) is 0 Å². The summed E-state index contributed by atoms with van der Waals surface area (Å²) in [5, 5.41) is 0. The molecule has 0 unspecified atom stereocenters. The van der Waals surface area contributed by atoms with Gasteiger partial charge in [-0.15, -0.1) is 0 Å². The SMILES string of the molecule is CCOc1ccc(C2=C[C@@H](c3ccccc3)c3ccccc3O2)cc1. The fourth-order valence-corrected chi connectivity index (χ4v) is 3.20. The molecule has 0 fully saturated rings. The molecule has 4 rings (SSSR count). The third-order valence-corrected chi connectivity index (χ3v) is 4.40. The summed E-state index contributed by atoms with van der Waals surface area (Å²) in [6, 6.07) is 26.9. The Labute approximate surface area is 148 Å². The van der Waals surface area contributed by atoms with E-state index in [-0.39, 0.29) is 5.92 Å². The van der Waals surface area contributed by atoms with Crippen molar-refractivity contribution in [2.75, 3.05) is 6.61 Å². The molecule has 0 saturated carbocycles. The molecule has 0 saturated heterocycles. The number of hydrogen-bond acceptors (Lipinski definition) is 2. The van der Waals surface area contributed by atoms with E-state index in [1.165, 1.54) is 11.1 Å². The summed E-state index contributed by atoms with van der Waals surface area (Å²) >= 11 is 0. The van der Waals surface area contributed by atoms with Crippen LogP contribution in [0.25, 0.3) is 5.76 Å². The Morgan fingerprint density at radius 1 is 0.840 bits per heavy atom. The Kier molecular flexibility index (Phi) is 4.26. The molecule has 1 atom stereocenters. The van der Waals surface area contributed by atoms with Crippen LogP contribution in [0.3, 0.4) is 0 Å². The fourth-order valence-electron chi connectivity index (χ4n) is 3.20. The predicted molar refractivity (Wildman–Crippen MR) is 101 cm³/mol. The predicted octanol–water partition coefficient (Wildman–Crippen LogP) is 5.65. The Bertz CT molecular complexity index is 879. The Balaban J connectivity index is 1.75. The second-order valence-corrected chi connectivity index (χ2v) is 6.02. The van der Waals surface area contributed by atoms with Crippen LogP contribution in [0.1, 0.15) is 29.5 Å². The van der Waals surface area contributed by atoms with Crippen molar-refractivity contribution >= 4 is 5.76 Å². The first-order chi connectivity index (χ1) is 12.3. The Hall–Kier alpha value is -3.00. The minimum Gasteiger partial charge on any atom is -0.494 e. The molecular formula is C23H20O2. The lowest BCUT2D eigenvalue weighted by Crippen LogP contribution is -2.10. The van der Waals surface area contributed by atoms with E-state index in [9.17, 15) is 0 Å². The van der Waals surface area contributed by atoms with Crippen LogP contribution < -0.4 is 9.47 Å². The van der Waals surface area contributed by atoms with Gasteiger partial charge in [0.1, 0.15) is 17.3 Å². The molecule has 3 aromatic carbocycles. The summed E-state index contributed by atoms with van der Waals surface area (Å²) < 4.78 is 11.7. The minimum atomic E-state index is 0.188. The molecule has 0 amide bonds. The number of para-hydroxylation sites is 1. The first-order valence-electron chi connectivity index (χ1n) is 8.62. The molecule has 1 aliphatic heterocycles. The smallest absolute Gasteiger partial charge is 0.131 e. The topological polar surface area (TPSA) is 18.5 Å². The Morgan fingerprint density at radius 2 is 1.56 bits per heavy atom. The molecule has 0 spiro atoms. The van der Waals surface area contributed by atoms with Gasteiger partial charge in [0.2, 0.25) is 0 Å². The van der Waals surface area contributed by atoms with Gasteiger partial charge in [0.25, 0.3) is 0 Å². The van der Waals surface area contributed by atoms with Gasteiger partial charge in [-0.3, -0.25) is 0 Å². The molecule has 0 aromatic heterocycles. The number of allylic oxidation sites excluding steroid dienone is 1. The van der Waals surface area contributed by atoms with E-state index in [4.69, 9.17) is 9.47 Å². The molecule has 124 valence electrons. The van der Waals surface area contributed by atoms with Crippen LogP contribution in [0.15, 0.2) is 84.9 Å². The molecule has 0 bridgehead atoms. The van der Waals surface area contributed by atoms with Crippen LogP contribution in [0.5, 0.6) is 11.5 Å². The second kappa shape index (κ2) is 6.86. The zero-order chi connectivity index (χ0) is 17.1. The molecule has 1 aliphatic rings. The van der Waals surface area contributed by atoms with E-state index in [0.29, 0.717) is 6.61 Å². The van der Waals surface area contributed by atoms with E-state index >= 15 is 0 Å². The zero-order valence-corrected chi connectivity index (χ0v) is 14.2. The van der Waals surface area contributed by atoms with Gasteiger partial charge in [0.05, 0.1) is 6.61 Å². The molecule has 3 aromatic rings. The maximum Gasteiger partial charge on any atom is 0.131 e. The zero-order valence-electron chi connectivity index (χ0n) is 14.2. The van der Waals surface area contributed by atoms with Crippen molar-refractivity contribution in [2.24, 2.45) is 0 Å². The first-order valence-corrected chi connectivity index (χ1v) is 8.62. The highest BCUT2D eigenvalue weighted by atomic mass is 16.5. The molecule has 1 heterocycles. The van der Waals surface area contributed by atoms with Crippen molar-refractivity contribution in [3.8, 4) is 11.5 Å². The fraction of sp³-hybridized carbons (Fsp3) is 0.130. The third-order valence-electron chi connectivity index (χ3n) is 4.40. The van der Waals surface area contributed by atoms with Gasteiger partial charge in [-0.25, -0.2) is 0 Å². The molecule has 0 aliphatic carbocycles. The van der Waals surface area contributed by atoms with Gasteiger partial charge in [0, 0.05) is 17.0 Å². The number of benzene rings is 3. The highest BCUT2D eigenvalue weighted by Crippen LogP contribution is 2.40. The summed E-state index contributed by atoms with van der Waals surface area (Å²) in [6.45, 7) is 2.66. The maximum absolute atomic E-state index is 6.19. The summed E-state index contributed by atoms with van der Waals surface area (Å²) in [5.41, 5.74) is 3.52. The van der Waals surface area contributed by atoms with Crippen LogP contribution in [0.4, 0.5) is 0 Å². The van der Waals surface area contributed by atoms with E-state index in [2.05, 4.69) is 42.5 Å². The second-order valence-electron chi connectivity index (χ2n) is 6.02. The third kappa shape index (κ3) is 3.16. The maximum atomic E-state index is 6.19. The normalized spacial score (nSPS) is 15.7. The van der Waals surface area contributed by atoms with E-state index in [0.717, 1.165) is 22.8 Å². The van der Waals surface area contributed by atoms with Crippen molar-refractivity contribution in [3.63, 3.8) is 0 Å². The molecule has 0 N–H and O–H groups in total. The van der Waals surface area contributed by atoms with Gasteiger partial charge in [-0.2, -0.15) is 0 Å². The monoisotopic (exact) mass is 328 g/mol. The molecule has 25 heavy (non-hydrogen) atoms. The first kappa shape index (κ1) is 15.5. The van der Waals surface area contributed by atoms with Crippen LogP contribution in [-0.2, 0) is 0 Å². The van der Waals surface area contributed by atoms with Gasteiger partial charge in [0.15, 0.2) is 0 Å². The van der Waals surface area contributed by atoms with Crippen LogP contribution in [-0.4, -0.2) is 6.61 Å². The quantitative estimate of drug-likeness (QED) is 0.616. The van der Waals surface area contributed by atoms with Gasteiger partial charge in [-0.05, 0) is 48.9 Å². The van der Waals surface area contributed by atoms with Crippen LogP contribution in [0, 0.1) is 0 Å². The largest absolute Gasteiger partial charge is 0.494 e. The van der Waals surface area contributed by atoms with Crippen molar-refractivity contribution in [1.29, 1.82) is 0 Å².